The Labute approximate surface area is 217 Å². The van der Waals surface area contributed by atoms with Crippen LogP contribution >= 0.6 is 0 Å². The van der Waals surface area contributed by atoms with Gasteiger partial charge in [-0.15, -0.1) is 5.10 Å². The highest BCUT2D eigenvalue weighted by molar-refractivity contribution is 5.93. The standard InChI is InChI=1S/C29H33N5O3/c1-21-4-10-26(11-5-21)37-20-28(35)33-16-12-23(13-17-33)22-6-8-25(9-7-22)31-29(36)24-14-18-34(19-24)27-3-2-15-30-32-27/h2-11,15,23-24H,12-14,16-20H2,1H3,(H,31,36). The molecule has 37 heavy (non-hydrogen) atoms. The second kappa shape index (κ2) is 11.4. The zero-order valence-electron chi connectivity index (χ0n) is 21.2. The van der Waals surface area contributed by atoms with Crippen molar-refractivity contribution in [2.24, 2.45) is 5.92 Å². The molecule has 3 aromatic rings. The molecule has 1 atom stereocenters. The Balaban J connectivity index is 1.07. The minimum atomic E-state index is -0.0708. The number of carbonyl (C=O) groups is 2. The van der Waals surface area contributed by atoms with Gasteiger partial charge in [-0.25, -0.2) is 0 Å². The number of aromatic nitrogens is 2. The van der Waals surface area contributed by atoms with E-state index in [4.69, 9.17) is 4.74 Å². The molecule has 2 saturated heterocycles. The van der Waals surface area contributed by atoms with Crippen molar-refractivity contribution in [1.29, 1.82) is 0 Å². The van der Waals surface area contributed by atoms with Crippen molar-refractivity contribution in [2.75, 3.05) is 43.0 Å². The maximum Gasteiger partial charge on any atom is 0.260 e. The van der Waals surface area contributed by atoms with E-state index in [0.717, 1.165) is 61.7 Å². The molecule has 0 aliphatic carbocycles. The van der Waals surface area contributed by atoms with Gasteiger partial charge in [0, 0.05) is 38.1 Å². The molecule has 0 spiro atoms. The highest BCUT2D eigenvalue weighted by Gasteiger charge is 2.29. The number of likely N-dealkylation sites (tertiary alicyclic amines) is 1. The summed E-state index contributed by atoms with van der Waals surface area (Å²) in [4.78, 5) is 29.4. The average molecular weight is 500 g/mol. The van der Waals surface area contributed by atoms with E-state index in [0.29, 0.717) is 12.5 Å². The topological polar surface area (TPSA) is 87.7 Å². The van der Waals surface area contributed by atoms with Crippen LogP contribution in [0.1, 0.15) is 36.3 Å². The summed E-state index contributed by atoms with van der Waals surface area (Å²) in [5.41, 5.74) is 3.22. The lowest BCUT2D eigenvalue weighted by Crippen LogP contribution is -2.40. The molecule has 1 unspecified atom stereocenters. The molecule has 2 aliphatic heterocycles. The van der Waals surface area contributed by atoms with Gasteiger partial charge in [-0.05, 0) is 74.1 Å². The molecule has 2 fully saturated rings. The zero-order valence-corrected chi connectivity index (χ0v) is 21.2. The van der Waals surface area contributed by atoms with Crippen molar-refractivity contribution < 1.29 is 14.3 Å². The van der Waals surface area contributed by atoms with Gasteiger partial charge in [-0.3, -0.25) is 9.59 Å². The number of benzene rings is 2. The van der Waals surface area contributed by atoms with Crippen LogP contribution in [0.15, 0.2) is 66.9 Å². The molecule has 3 heterocycles. The average Bonchev–Trinajstić information content (AvgIpc) is 3.44. The van der Waals surface area contributed by atoms with Gasteiger partial charge in [0.15, 0.2) is 12.4 Å². The summed E-state index contributed by atoms with van der Waals surface area (Å²) in [7, 11) is 0. The third-order valence-corrected chi connectivity index (χ3v) is 7.32. The predicted octanol–water partition coefficient (Wildman–Crippen LogP) is 4.04. The van der Waals surface area contributed by atoms with E-state index in [1.165, 1.54) is 5.56 Å². The summed E-state index contributed by atoms with van der Waals surface area (Å²) < 4.78 is 5.66. The van der Waals surface area contributed by atoms with Crippen LogP contribution in [0.5, 0.6) is 5.75 Å². The van der Waals surface area contributed by atoms with Crippen molar-refractivity contribution in [3.8, 4) is 5.75 Å². The number of nitrogens with one attached hydrogen (secondary N) is 1. The number of anilines is 2. The summed E-state index contributed by atoms with van der Waals surface area (Å²) in [6, 6.07) is 19.7. The molecule has 0 bridgehead atoms. The number of aryl methyl sites for hydroxylation is 1. The Bertz CT molecular complexity index is 1190. The number of carbonyl (C=O) groups excluding carboxylic acids is 2. The minimum Gasteiger partial charge on any atom is -0.484 e. The fourth-order valence-corrected chi connectivity index (χ4v) is 5.06. The van der Waals surface area contributed by atoms with Crippen LogP contribution in [0, 0.1) is 12.8 Å². The second-order valence-corrected chi connectivity index (χ2v) is 9.88. The van der Waals surface area contributed by atoms with E-state index in [9.17, 15) is 9.59 Å². The first kappa shape index (κ1) is 24.7. The number of hydrogen-bond acceptors (Lipinski definition) is 6. The molecule has 1 N–H and O–H groups in total. The van der Waals surface area contributed by atoms with E-state index >= 15 is 0 Å². The van der Waals surface area contributed by atoms with Crippen molar-refractivity contribution in [3.05, 3.63) is 78.0 Å². The summed E-state index contributed by atoms with van der Waals surface area (Å²) in [6.45, 7) is 4.99. The normalized spacial score (nSPS) is 18.0. The van der Waals surface area contributed by atoms with Crippen LogP contribution in [0.3, 0.4) is 0 Å². The minimum absolute atomic E-state index is 0.0295. The van der Waals surface area contributed by atoms with Crippen LogP contribution in [-0.2, 0) is 9.59 Å². The van der Waals surface area contributed by atoms with Gasteiger partial charge in [0.2, 0.25) is 5.91 Å². The molecule has 8 nitrogen and oxygen atoms in total. The van der Waals surface area contributed by atoms with Gasteiger partial charge in [-0.1, -0.05) is 29.8 Å². The highest BCUT2D eigenvalue weighted by Crippen LogP contribution is 2.29. The van der Waals surface area contributed by atoms with Crippen molar-refractivity contribution in [3.63, 3.8) is 0 Å². The number of hydrogen-bond donors (Lipinski definition) is 1. The predicted molar refractivity (Wildman–Crippen MR) is 143 cm³/mol. The maximum atomic E-state index is 12.8. The van der Waals surface area contributed by atoms with Crippen LogP contribution in [0.4, 0.5) is 11.5 Å². The van der Waals surface area contributed by atoms with Gasteiger partial charge < -0.3 is 19.9 Å². The van der Waals surface area contributed by atoms with Gasteiger partial charge >= 0.3 is 0 Å². The van der Waals surface area contributed by atoms with Crippen molar-refractivity contribution >= 4 is 23.3 Å². The van der Waals surface area contributed by atoms with E-state index in [-0.39, 0.29) is 24.3 Å². The van der Waals surface area contributed by atoms with E-state index in [2.05, 4.69) is 32.5 Å². The SMILES string of the molecule is Cc1ccc(OCC(=O)N2CCC(c3ccc(NC(=O)C4CCN(c5cccnn5)C4)cc3)CC2)cc1. The smallest absolute Gasteiger partial charge is 0.260 e. The molecule has 2 aromatic carbocycles. The summed E-state index contributed by atoms with van der Waals surface area (Å²) >= 11 is 0. The Hall–Kier alpha value is -3.94. The second-order valence-electron chi connectivity index (χ2n) is 9.88. The third-order valence-electron chi connectivity index (χ3n) is 7.32. The maximum absolute atomic E-state index is 12.8. The quantitative estimate of drug-likeness (QED) is 0.528. The summed E-state index contributed by atoms with van der Waals surface area (Å²) in [5.74, 6) is 1.94. The van der Waals surface area contributed by atoms with Gasteiger partial charge in [0.05, 0.1) is 5.92 Å². The molecule has 8 heteroatoms. The molecule has 0 radical (unpaired) electrons. The number of ether oxygens (including phenoxy) is 1. The van der Waals surface area contributed by atoms with Gasteiger partial charge in [-0.2, -0.15) is 5.10 Å². The lowest BCUT2D eigenvalue weighted by atomic mass is 9.89. The summed E-state index contributed by atoms with van der Waals surface area (Å²) in [6.07, 6.45) is 4.29. The molecule has 0 saturated carbocycles. The molecule has 192 valence electrons. The first-order valence-corrected chi connectivity index (χ1v) is 13.0. The number of rotatable bonds is 7. The Morgan fingerprint density at radius 2 is 1.73 bits per heavy atom. The summed E-state index contributed by atoms with van der Waals surface area (Å²) in [5, 5.41) is 11.1. The first-order chi connectivity index (χ1) is 18.0. The highest BCUT2D eigenvalue weighted by atomic mass is 16.5. The molecule has 5 rings (SSSR count). The van der Waals surface area contributed by atoms with Gasteiger partial charge in [0.25, 0.3) is 5.91 Å². The largest absolute Gasteiger partial charge is 0.484 e. The Morgan fingerprint density at radius 3 is 2.43 bits per heavy atom. The fourth-order valence-electron chi connectivity index (χ4n) is 5.06. The molecule has 2 aliphatic rings. The zero-order chi connectivity index (χ0) is 25.6. The first-order valence-electron chi connectivity index (χ1n) is 13.0. The molecular weight excluding hydrogens is 466 g/mol. The number of amides is 2. The van der Waals surface area contributed by atoms with Crippen molar-refractivity contribution in [1.82, 2.24) is 15.1 Å². The van der Waals surface area contributed by atoms with Crippen LogP contribution in [-0.4, -0.2) is 59.7 Å². The van der Waals surface area contributed by atoms with E-state index < -0.39 is 0 Å². The van der Waals surface area contributed by atoms with Crippen LogP contribution < -0.4 is 15.0 Å². The molecule has 1 aromatic heterocycles. The van der Waals surface area contributed by atoms with E-state index in [1.807, 2.05) is 60.4 Å². The van der Waals surface area contributed by atoms with E-state index in [1.54, 1.807) is 6.20 Å². The Kier molecular flexibility index (Phi) is 7.63. The van der Waals surface area contributed by atoms with Gasteiger partial charge in [0.1, 0.15) is 5.75 Å². The van der Waals surface area contributed by atoms with Crippen LogP contribution in [0.2, 0.25) is 0 Å². The molecule has 2 amide bonds. The van der Waals surface area contributed by atoms with Crippen molar-refractivity contribution in [2.45, 2.75) is 32.1 Å². The lowest BCUT2D eigenvalue weighted by Gasteiger charge is -2.32. The molecular formula is C29H33N5O3. The number of piperidine rings is 1. The number of nitrogens with zero attached hydrogens (tertiary/aromatic N) is 4. The third kappa shape index (κ3) is 6.25. The van der Waals surface area contributed by atoms with Crippen LogP contribution in [0.25, 0.3) is 0 Å². The lowest BCUT2D eigenvalue weighted by molar-refractivity contribution is -0.134. The monoisotopic (exact) mass is 499 g/mol. The fraction of sp³-hybridized carbons (Fsp3) is 0.379. The Morgan fingerprint density at radius 1 is 0.973 bits per heavy atom.